The van der Waals surface area contributed by atoms with Crippen LogP contribution in [-0.2, 0) is 4.74 Å². The molecular formula is C23H30N4O3. The minimum atomic E-state index is -0.412. The van der Waals surface area contributed by atoms with Crippen molar-refractivity contribution < 1.29 is 14.6 Å². The first-order chi connectivity index (χ1) is 14.6. The topological polar surface area (TPSA) is 79.7 Å². The number of rotatable bonds is 6. The van der Waals surface area contributed by atoms with Gasteiger partial charge in [-0.05, 0) is 62.8 Å². The molecule has 3 aliphatic carbocycles. The lowest BCUT2D eigenvalue weighted by molar-refractivity contribution is -0.104. The van der Waals surface area contributed by atoms with Crippen LogP contribution in [0, 0.1) is 5.41 Å². The summed E-state index contributed by atoms with van der Waals surface area (Å²) in [5.74, 6) is 1.13. The highest BCUT2D eigenvalue weighted by molar-refractivity contribution is 5.59. The maximum atomic E-state index is 10.4. The zero-order valence-corrected chi connectivity index (χ0v) is 17.3. The fourth-order valence-corrected chi connectivity index (χ4v) is 4.88. The number of hydrogen-bond donors (Lipinski definition) is 2. The van der Waals surface area contributed by atoms with Crippen molar-refractivity contribution in [3.05, 3.63) is 36.5 Å². The van der Waals surface area contributed by atoms with Gasteiger partial charge >= 0.3 is 0 Å². The Morgan fingerprint density at radius 1 is 1.00 bits per heavy atom. The lowest BCUT2D eigenvalue weighted by Crippen LogP contribution is -2.48. The quantitative estimate of drug-likeness (QED) is 0.754. The number of nitrogens with one attached hydrogen (secondary N) is 1. The van der Waals surface area contributed by atoms with Crippen LogP contribution < -0.4 is 15.0 Å². The van der Waals surface area contributed by atoms with Gasteiger partial charge in [-0.25, -0.2) is 4.98 Å². The average Bonchev–Trinajstić information content (AvgIpc) is 2.80. The van der Waals surface area contributed by atoms with Crippen molar-refractivity contribution in [3.8, 4) is 5.88 Å². The molecule has 4 fully saturated rings. The summed E-state index contributed by atoms with van der Waals surface area (Å²) in [6.07, 6.45) is 7.53. The molecule has 4 aliphatic rings. The summed E-state index contributed by atoms with van der Waals surface area (Å²) in [7, 11) is 0. The van der Waals surface area contributed by atoms with E-state index in [-0.39, 0.29) is 5.41 Å². The molecule has 2 heterocycles. The van der Waals surface area contributed by atoms with Gasteiger partial charge in [0.25, 0.3) is 0 Å². The second-order valence-electron chi connectivity index (χ2n) is 9.00. The van der Waals surface area contributed by atoms with Gasteiger partial charge in [0, 0.05) is 42.1 Å². The van der Waals surface area contributed by atoms with Gasteiger partial charge in [0.1, 0.15) is 0 Å². The van der Waals surface area contributed by atoms with E-state index in [1.165, 1.54) is 5.69 Å². The Balaban J connectivity index is 1.19. The van der Waals surface area contributed by atoms with Crippen LogP contribution in [0.15, 0.2) is 36.5 Å². The fraction of sp³-hybridized carbons (Fsp3) is 0.565. The van der Waals surface area contributed by atoms with Gasteiger partial charge in [-0.15, -0.1) is 0 Å². The normalized spacial score (nSPS) is 28.4. The molecule has 1 aromatic heterocycles. The number of aliphatic hydroxyl groups is 1. The highest BCUT2D eigenvalue weighted by Gasteiger charge is 2.48. The predicted molar refractivity (Wildman–Crippen MR) is 115 cm³/mol. The van der Waals surface area contributed by atoms with Crippen molar-refractivity contribution in [1.29, 1.82) is 0 Å². The van der Waals surface area contributed by atoms with Gasteiger partial charge in [-0.1, -0.05) is 0 Å². The number of morpholine rings is 1. The minimum Gasteiger partial charge on any atom is -0.477 e. The third kappa shape index (κ3) is 4.23. The molecule has 1 aliphatic heterocycles. The molecule has 6 rings (SSSR count). The molecule has 2 aromatic rings. The summed E-state index contributed by atoms with van der Waals surface area (Å²) < 4.78 is 11.5. The number of ether oxygens (including phenoxy) is 2. The van der Waals surface area contributed by atoms with Crippen LogP contribution in [0.2, 0.25) is 0 Å². The second-order valence-corrected chi connectivity index (χ2v) is 9.00. The van der Waals surface area contributed by atoms with Crippen LogP contribution in [0.3, 0.4) is 0 Å². The smallest absolute Gasteiger partial charge is 0.230 e. The maximum absolute atomic E-state index is 10.4. The van der Waals surface area contributed by atoms with Crippen molar-refractivity contribution in [3.63, 3.8) is 0 Å². The van der Waals surface area contributed by atoms with Crippen molar-refractivity contribution in [2.24, 2.45) is 5.41 Å². The number of aromatic nitrogens is 2. The first-order valence-electron chi connectivity index (χ1n) is 11.0. The zero-order valence-electron chi connectivity index (χ0n) is 17.3. The Labute approximate surface area is 177 Å². The molecular weight excluding hydrogens is 380 g/mol. The molecule has 0 radical (unpaired) electrons. The molecule has 0 unspecified atom stereocenters. The Kier molecular flexibility index (Phi) is 5.25. The Hall–Kier alpha value is -2.38. The van der Waals surface area contributed by atoms with Gasteiger partial charge in [0.2, 0.25) is 11.8 Å². The number of fused-ring (bicyclic) bond motifs is 3. The minimum absolute atomic E-state index is 0.193. The molecule has 2 bridgehead atoms. The molecule has 3 saturated carbocycles. The van der Waals surface area contributed by atoms with E-state index in [4.69, 9.17) is 9.47 Å². The van der Waals surface area contributed by atoms with Crippen LogP contribution in [0.25, 0.3) is 0 Å². The molecule has 0 spiro atoms. The largest absolute Gasteiger partial charge is 0.477 e. The third-order valence-electron chi connectivity index (χ3n) is 7.02. The molecule has 0 amide bonds. The van der Waals surface area contributed by atoms with Crippen LogP contribution >= 0.6 is 0 Å². The van der Waals surface area contributed by atoms with Crippen molar-refractivity contribution in [1.82, 2.24) is 9.97 Å². The summed E-state index contributed by atoms with van der Waals surface area (Å²) in [4.78, 5) is 11.2. The molecule has 30 heavy (non-hydrogen) atoms. The van der Waals surface area contributed by atoms with Gasteiger partial charge in [-0.3, -0.25) is 0 Å². The molecule has 0 atom stereocenters. The summed E-state index contributed by atoms with van der Waals surface area (Å²) in [6.45, 7) is 4.07. The molecule has 1 aromatic carbocycles. The average molecular weight is 411 g/mol. The standard InChI is InChI=1S/C23H30N4O3/c28-23-9-6-22(7-10-23,8-11-23)17-30-20-5-12-24-21(26-20)25-18-1-3-19(4-2-18)27-13-15-29-16-14-27/h1-5,12,28H,6-11,13-17H2,(H,24,25,26). The van der Waals surface area contributed by atoms with Crippen molar-refractivity contribution in [2.75, 3.05) is 43.1 Å². The maximum Gasteiger partial charge on any atom is 0.230 e. The highest BCUT2D eigenvalue weighted by atomic mass is 16.5. The summed E-state index contributed by atoms with van der Waals surface area (Å²) in [5.41, 5.74) is 1.93. The SMILES string of the molecule is OC12CCC(COc3ccnc(Nc4ccc(N5CCOCC5)cc4)n3)(CC1)CC2. The summed E-state index contributed by atoms with van der Waals surface area (Å²) in [6, 6.07) is 10.1. The molecule has 7 heteroatoms. The Morgan fingerprint density at radius 3 is 2.40 bits per heavy atom. The van der Waals surface area contributed by atoms with E-state index in [1.807, 2.05) is 18.2 Å². The van der Waals surface area contributed by atoms with Crippen molar-refractivity contribution in [2.45, 2.75) is 44.1 Å². The first kappa shape index (κ1) is 19.6. The lowest BCUT2D eigenvalue weighted by Gasteiger charge is -2.50. The Morgan fingerprint density at radius 2 is 1.70 bits per heavy atom. The van der Waals surface area contributed by atoms with E-state index in [0.717, 1.165) is 70.5 Å². The van der Waals surface area contributed by atoms with Crippen LogP contribution in [0.1, 0.15) is 38.5 Å². The molecule has 2 N–H and O–H groups in total. The van der Waals surface area contributed by atoms with E-state index in [2.05, 4.69) is 32.3 Å². The van der Waals surface area contributed by atoms with Crippen LogP contribution in [0.4, 0.5) is 17.3 Å². The number of nitrogens with zero attached hydrogens (tertiary/aromatic N) is 3. The molecule has 7 nitrogen and oxygen atoms in total. The lowest BCUT2D eigenvalue weighted by atomic mass is 9.59. The van der Waals surface area contributed by atoms with E-state index in [9.17, 15) is 5.11 Å². The fourth-order valence-electron chi connectivity index (χ4n) is 4.88. The van der Waals surface area contributed by atoms with E-state index in [1.54, 1.807) is 6.20 Å². The number of hydrogen-bond acceptors (Lipinski definition) is 7. The van der Waals surface area contributed by atoms with Crippen LogP contribution in [0.5, 0.6) is 5.88 Å². The Bertz CT molecular complexity index is 842. The van der Waals surface area contributed by atoms with Crippen LogP contribution in [-0.4, -0.2) is 53.6 Å². The van der Waals surface area contributed by atoms with E-state index < -0.39 is 5.60 Å². The number of anilines is 3. The molecule has 1 saturated heterocycles. The summed E-state index contributed by atoms with van der Waals surface area (Å²) >= 11 is 0. The first-order valence-corrected chi connectivity index (χ1v) is 11.0. The third-order valence-corrected chi connectivity index (χ3v) is 7.02. The van der Waals surface area contributed by atoms with Gasteiger partial charge < -0.3 is 24.8 Å². The van der Waals surface area contributed by atoms with Gasteiger partial charge in [0.05, 0.1) is 25.4 Å². The highest BCUT2D eigenvalue weighted by Crippen LogP contribution is 2.52. The monoisotopic (exact) mass is 410 g/mol. The van der Waals surface area contributed by atoms with Gasteiger partial charge in [-0.2, -0.15) is 4.98 Å². The summed E-state index contributed by atoms with van der Waals surface area (Å²) in [5, 5.41) is 13.7. The van der Waals surface area contributed by atoms with E-state index >= 15 is 0 Å². The molecule has 160 valence electrons. The number of benzene rings is 1. The van der Waals surface area contributed by atoms with E-state index in [0.29, 0.717) is 18.4 Å². The zero-order chi connectivity index (χ0) is 20.4. The van der Waals surface area contributed by atoms with Crippen molar-refractivity contribution >= 4 is 17.3 Å². The second kappa shape index (κ2) is 8.04. The predicted octanol–water partition coefficient (Wildman–Crippen LogP) is 3.52. The van der Waals surface area contributed by atoms with Gasteiger partial charge in [0.15, 0.2) is 0 Å².